The summed E-state index contributed by atoms with van der Waals surface area (Å²) in [6, 6.07) is 3.95. The van der Waals surface area contributed by atoms with Gasteiger partial charge >= 0.3 is 0 Å². The zero-order valence-corrected chi connectivity index (χ0v) is 10.5. The Balaban J connectivity index is 1.76. The van der Waals surface area contributed by atoms with Gasteiger partial charge in [0.05, 0.1) is 10.2 Å². The molecule has 1 fully saturated rings. The van der Waals surface area contributed by atoms with E-state index in [1.54, 1.807) is 11.3 Å². The molecule has 5 nitrogen and oxygen atoms in total. The van der Waals surface area contributed by atoms with Crippen LogP contribution in [0.2, 0.25) is 0 Å². The third-order valence-electron chi connectivity index (χ3n) is 3.51. The molecule has 1 saturated carbocycles. The minimum atomic E-state index is 0.0778. The maximum Gasteiger partial charge on any atom is 0.231 e. The number of benzene rings is 1. The van der Waals surface area contributed by atoms with Crippen molar-refractivity contribution in [3.63, 3.8) is 0 Å². The van der Waals surface area contributed by atoms with E-state index in [-0.39, 0.29) is 12.3 Å². The Bertz CT molecular complexity index is 621. The highest BCUT2D eigenvalue weighted by atomic mass is 32.1. The van der Waals surface area contributed by atoms with E-state index in [4.69, 9.17) is 15.2 Å². The highest BCUT2D eigenvalue weighted by Crippen LogP contribution is 2.44. The Labute approximate surface area is 108 Å². The second kappa shape index (κ2) is 3.49. The molecule has 3 N–H and O–H groups in total. The van der Waals surface area contributed by atoms with Crippen LogP contribution in [0.4, 0.5) is 5.13 Å². The van der Waals surface area contributed by atoms with E-state index in [0.717, 1.165) is 39.7 Å². The fraction of sp³-hybridized carbons (Fsp3) is 0.417. The molecule has 0 amide bonds. The number of aromatic nitrogens is 1. The summed E-state index contributed by atoms with van der Waals surface area (Å²) in [5.74, 6) is 1.54. The number of anilines is 1. The first-order chi connectivity index (χ1) is 8.80. The van der Waals surface area contributed by atoms with Crippen LogP contribution in [0.15, 0.2) is 12.1 Å². The maximum absolute atomic E-state index is 5.77. The number of ether oxygens (including phenoxy) is 2. The molecule has 0 atom stereocenters. The molecule has 1 aromatic heterocycles. The summed E-state index contributed by atoms with van der Waals surface area (Å²) in [6.45, 7) is 0.933. The topological polar surface area (TPSA) is 69.4 Å². The van der Waals surface area contributed by atoms with E-state index < -0.39 is 0 Å². The van der Waals surface area contributed by atoms with Gasteiger partial charge in [0.1, 0.15) is 5.52 Å². The number of nitrogens with one attached hydrogen (secondary N) is 1. The van der Waals surface area contributed by atoms with Crippen molar-refractivity contribution in [3.8, 4) is 11.5 Å². The van der Waals surface area contributed by atoms with Crippen LogP contribution in [0.5, 0.6) is 11.5 Å². The van der Waals surface area contributed by atoms with Gasteiger partial charge < -0.3 is 20.5 Å². The van der Waals surface area contributed by atoms with Crippen LogP contribution in [-0.2, 0) is 0 Å². The van der Waals surface area contributed by atoms with Gasteiger partial charge in [-0.05, 0) is 25.0 Å². The van der Waals surface area contributed by atoms with Crippen molar-refractivity contribution in [2.24, 2.45) is 5.73 Å². The summed E-state index contributed by atoms with van der Waals surface area (Å²) >= 11 is 1.63. The Morgan fingerprint density at radius 2 is 2.28 bits per heavy atom. The molecule has 2 aromatic rings. The summed E-state index contributed by atoms with van der Waals surface area (Å²) < 4.78 is 11.9. The van der Waals surface area contributed by atoms with Crippen LogP contribution in [0.25, 0.3) is 10.2 Å². The van der Waals surface area contributed by atoms with Crippen LogP contribution in [-0.4, -0.2) is 23.9 Å². The van der Waals surface area contributed by atoms with E-state index in [1.807, 2.05) is 12.1 Å². The molecule has 0 unspecified atom stereocenters. The van der Waals surface area contributed by atoms with Crippen molar-refractivity contribution >= 4 is 26.7 Å². The molecule has 94 valence electrons. The molecule has 6 heteroatoms. The Hall–Kier alpha value is -1.53. The van der Waals surface area contributed by atoms with Crippen molar-refractivity contribution in [3.05, 3.63) is 12.1 Å². The summed E-state index contributed by atoms with van der Waals surface area (Å²) in [5, 5.41) is 4.36. The predicted molar refractivity (Wildman–Crippen MR) is 70.4 cm³/mol. The fourth-order valence-corrected chi connectivity index (χ4v) is 3.15. The van der Waals surface area contributed by atoms with Crippen molar-refractivity contribution in [2.75, 3.05) is 18.7 Å². The van der Waals surface area contributed by atoms with Crippen molar-refractivity contribution in [1.82, 2.24) is 4.98 Å². The normalized spacial score (nSPS) is 19.2. The van der Waals surface area contributed by atoms with Gasteiger partial charge in [-0.25, -0.2) is 4.98 Å². The van der Waals surface area contributed by atoms with Gasteiger partial charge in [-0.2, -0.15) is 0 Å². The van der Waals surface area contributed by atoms with Gasteiger partial charge in [-0.1, -0.05) is 11.3 Å². The molecule has 4 rings (SSSR count). The Kier molecular flexibility index (Phi) is 2.02. The maximum atomic E-state index is 5.77. The van der Waals surface area contributed by atoms with Crippen molar-refractivity contribution in [2.45, 2.75) is 18.4 Å². The summed E-state index contributed by atoms with van der Waals surface area (Å²) in [4.78, 5) is 4.60. The average Bonchev–Trinajstić information content (AvgIpc) is 2.83. The van der Waals surface area contributed by atoms with E-state index >= 15 is 0 Å². The number of hydrogen-bond acceptors (Lipinski definition) is 6. The first-order valence-corrected chi connectivity index (χ1v) is 6.79. The van der Waals surface area contributed by atoms with E-state index in [9.17, 15) is 0 Å². The number of nitrogens with two attached hydrogens (primary N) is 1. The smallest absolute Gasteiger partial charge is 0.231 e. The largest absolute Gasteiger partial charge is 0.454 e. The highest BCUT2D eigenvalue weighted by molar-refractivity contribution is 7.22. The van der Waals surface area contributed by atoms with Gasteiger partial charge in [-0.15, -0.1) is 0 Å². The van der Waals surface area contributed by atoms with Crippen LogP contribution in [0.1, 0.15) is 12.8 Å². The molecule has 2 heterocycles. The van der Waals surface area contributed by atoms with Crippen LogP contribution in [0, 0.1) is 0 Å². The molecule has 1 aliphatic carbocycles. The zero-order chi connectivity index (χ0) is 12.2. The minimum absolute atomic E-state index is 0.0778. The zero-order valence-electron chi connectivity index (χ0n) is 9.73. The number of fused-ring (bicyclic) bond motifs is 3. The first kappa shape index (κ1) is 10.4. The van der Waals surface area contributed by atoms with Crippen molar-refractivity contribution in [1.29, 1.82) is 0 Å². The third-order valence-corrected chi connectivity index (χ3v) is 4.45. The Morgan fingerprint density at radius 1 is 1.39 bits per heavy atom. The Morgan fingerprint density at radius 3 is 3.06 bits per heavy atom. The van der Waals surface area contributed by atoms with Crippen molar-refractivity contribution < 1.29 is 9.47 Å². The van der Waals surface area contributed by atoms with E-state index in [2.05, 4.69) is 10.3 Å². The molecule has 0 bridgehead atoms. The second-order valence-electron chi connectivity index (χ2n) is 4.77. The van der Waals surface area contributed by atoms with Crippen LogP contribution >= 0.6 is 11.3 Å². The standard InChI is InChI=1S/C12H13N3O2S/c13-5-12(3-4-12)15-11-14-9-8(18-11)2-1-7-10(9)17-6-16-7/h1-2H,3-6,13H2,(H,14,15). The van der Waals surface area contributed by atoms with Crippen LogP contribution < -0.4 is 20.5 Å². The molecule has 0 saturated heterocycles. The lowest BCUT2D eigenvalue weighted by Gasteiger charge is -2.12. The van der Waals surface area contributed by atoms with Gasteiger partial charge in [-0.3, -0.25) is 0 Å². The van der Waals surface area contributed by atoms with Gasteiger partial charge in [0.25, 0.3) is 0 Å². The average molecular weight is 263 g/mol. The number of hydrogen-bond donors (Lipinski definition) is 2. The van der Waals surface area contributed by atoms with E-state index in [0.29, 0.717) is 6.54 Å². The van der Waals surface area contributed by atoms with Gasteiger partial charge in [0.15, 0.2) is 16.6 Å². The summed E-state index contributed by atoms with van der Waals surface area (Å²) in [5.41, 5.74) is 6.73. The minimum Gasteiger partial charge on any atom is -0.454 e. The lowest BCUT2D eigenvalue weighted by molar-refractivity contribution is 0.174. The van der Waals surface area contributed by atoms with Crippen LogP contribution in [0.3, 0.4) is 0 Å². The SMILES string of the molecule is NCC1(Nc2nc3c4c(ccc3s2)OCO4)CC1. The molecule has 18 heavy (non-hydrogen) atoms. The molecule has 2 aliphatic rings. The summed E-state index contributed by atoms with van der Waals surface area (Å²) in [6.07, 6.45) is 2.24. The first-order valence-electron chi connectivity index (χ1n) is 5.97. The monoisotopic (exact) mass is 263 g/mol. The quantitative estimate of drug-likeness (QED) is 0.885. The highest BCUT2D eigenvalue weighted by Gasteiger charge is 2.42. The summed E-state index contributed by atoms with van der Waals surface area (Å²) in [7, 11) is 0. The molecule has 1 aliphatic heterocycles. The molecule has 0 spiro atoms. The van der Waals surface area contributed by atoms with E-state index in [1.165, 1.54) is 0 Å². The number of thiazole rings is 1. The lowest BCUT2D eigenvalue weighted by atomic mass is 10.3. The lowest BCUT2D eigenvalue weighted by Crippen LogP contribution is -2.30. The molecular weight excluding hydrogens is 250 g/mol. The van der Waals surface area contributed by atoms with Gasteiger partial charge in [0, 0.05) is 6.54 Å². The molecule has 1 aromatic carbocycles. The molecular formula is C12H13N3O2S. The third kappa shape index (κ3) is 1.46. The fourth-order valence-electron chi connectivity index (χ4n) is 2.17. The number of nitrogens with zero attached hydrogens (tertiary/aromatic N) is 1. The van der Waals surface area contributed by atoms with Gasteiger partial charge in [0.2, 0.25) is 6.79 Å². The predicted octanol–water partition coefficient (Wildman–Crippen LogP) is 1.93. The second-order valence-corrected chi connectivity index (χ2v) is 5.81. The molecule has 0 radical (unpaired) electrons. The number of rotatable bonds is 3.